The van der Waals surface area contributed by atoms with Crippen molar-refractivity contribution in [1.29, 1.82) is 0 Å². The predicted octanol–water partition coefficient (Wildman–Crippen LogP) is 9.64. The molecule has 7 heteroatoms. The molecule has 0 unspecified atom stereocenters. The molecule has 4 nitrogen and oxygen atoms in total. The van der Waals surface area contributed by atoms with Gasteiger partial charge in [-0.15, -0.1) is 0 Å². The third-order valence-corrected chi connectivity index (χ3v) is 7.57. The van der Waals surface area contributed by atoms with Crippen molar-refractivity contribution in [3.8, 4) is 22.4 Å². The number of carbonyl (C=O) groups excluding carboxylic acids is 1. The van der Waals surface area contributed by atoms with E-state index in [1.165, 1.54) is 0 Å². The number of fused-ring (bicyclic) bond motifs is 2. The van der Waals surface area contributed by atoms with Gasteiger partial charge in [0.2, 0.25) is 0 Å². The van der Waals surface area contributed by atoms with Gasteiger partial charge in [-0.25, -0.2) is 4.79 Å². The van der Waals surface area contributed by atoms with Crippen molar-refractivity contribution >= 4 is 62.6 Å². The maximum atomic E-state index is 13.4. The van der Waals surface area contributed by atoms with Crippen molar-refractivity contribution in [1.82, 2.24) is 9.55 Å². The van der Waals surface area contributed by atoms with E-state index in [4.69, 9.17) is 39.5 Å². The molecule has 0 amide bonds. The van der Waals surface area contributed by atoms with Gasteiger partial charge in [0.1, 0.15) is 5.69 Å². The fraction of sp³-hybridized carbons (Fsp3) is 0.0938. The van der Waals surface area contributed by atoms with Crippen molar-refractivity contribution < 1.29 is 9.53 Å². The van der Waals surface area contributed by atoms with Gasteiger partial charge in [0.05, 0.1) is 12.3 Å². The standard InChI is InChI=1S/C32H23Cl3N2O2/c1-2-39-32(38)30-29(24-16-15-23(35)17-26(24)36-30)31-28(20-9-13-22(34)14-10-20)25-5-3-4-6-27(25)37(31)18-19-7-11-21(33)12-8-19/h3-17,36H,2,18H2,1H3. The Kier molecular flexibility index (Phi) is 6.86. The third kappa shape index (κ3) is 4.70. The lowest BCUT2D eigenvalue weighted by Gasteiger charge is -2.15. The molecule has 1 N–H and O–H groups in total. The topological polar surface area (TPSA) is 47.0 Å². The van der Waals surface area contributed by atoms with E-state index in [-0.39, 0.29) is 6.61 Å². The lowest BCUT2D eigenvalue weighted by atomic mass is 9.96. The van der Waals surface area contributed by atoms with E-state index in [9.17, 15) is 4.79 Å². The number of carbonyl (C=O) groups is 1. The van der Waals surface area contributed by atoms with Crippen LogP contribution in [-0.4, -0.2) is 22.1 Å². The number of rotatable bonds is 6. The number of para-hydroxylation sites is 1. The summed E-state index contributed by atoms with van der Waals surface area (Å²) in [5.41, 5.74) is 6.88. The molecule has 6 rings (SSSR count). The zero-order valence-corrected chi connectivity index (χ0v) is 23.2. The van der Waals surface area contributed by atoms with Crippen molar-refractivity contribution in [2.45, 2.75) is 13.5 Å². The van der Waals surface area contributed by atoms with Gasteiger partial charge >= 0.3 is 5.97 Å². The van der Waals surface area contributed by atoms with Gasteiger partial charge in [0.25, 0.3) is 0 Å². The van der Waals surface area contributed by atoms with Gasteiger partial charge in [0, 0.05) is 54.5 Å². The first-order valence-corrected chi connectivity index (χ1v) is 13.7. The number of ether oxygens (including phenoxy) is 1. The highest BCUT2D eigenvalue weighted by atomic mass is 35.5. The van der Waals surface area contributed by atoms with Crippen molar-refractivity contribution in [3.05, 3.63) is 117 Å². The van der Waals surface area contributed by atoms with Crippen LogP contribution in [0, 0.1) is 0 Å². The first-order valence-electron chi connectivity index (χ1n) is 12.5. The minimum Gasteiger partial charge on any atom is -0.461 e. The molecule has 0 saturated heterocycles. The summed E-state index contributed by atoms with van der Waals surface area (Å²) in [6, 6.07) is 29.5. The van der Waals surface area contributed by atoms with E-state index in [0.717, 1.165) is 49.8 Å². The highest BCUT2D eigenvalue weighted by Gasteiger charge is 2.28. The summed E-state index contributed by atoms with van der Waals surface area (Å²) in [4.78, 5) is 16.7. The van der Waals surface area contributed by atoms with E-state index >= 15 is 0 Å². The molecule has 39 heavy (non-hydrogen) atoms. The summed E-state index contributed by atoms with van der Waals surface area (Å²) in [5, 5.41) is 3.83. The Morgan fingerprint density at radius 2 is 1.46 bits per heavy atom. The van der Waals surface area contributed by atoms with Gasteiger partial charge in [-0.05, 0) is 60.5 Å². The van der Waals surface area contributed by atoms with Crippen LogP contribution < -0.4 is 0 Å². The Morgan fingerprint density at radius 1 is 0.795 bits per heavy atom. The highest BCUT2D eigenvalue weighted by Crippen LogP contribution is 2.45. The maximum Gasteiger partial charge on any atom is 0.355 e. The van der Waals surface area contributed by atoms with Gasteiger partial charge in [-0.3, -0.25) is 0 Å². The summed E-state index contributed by atoms with van der Waals surface area (Å²) in [6.07, 6.45) is 0. The minimum absolute atomic E-state index is 0.256. The smallest absolute Gasteiger partial charge is 0.355 e. The van der Waals surface area contributed by atoms with Crippen LogP contribution in [0.4, 0.5) is 0 Å². The van der Waals surface area contributed by atoms with Crippen LogP contribution in [-0.2, 0) is 11.3 Å². The molecule has 4 aromatic carbocycles. The van der Waals surface area contributed by atoms with E-state index in [1.54, 1.807) is 6.92 Å². The van der Waals surface area contributed by atoms with E-state index in [2.05, 4.69) is 21.7 Å². The molecule has 0 fully saturated rings. The second-order valence-corrected chi connectivity index (χ2v) is 10.6. The number of esters is 1. The number of nitrogens with one attached hydrogen (secondary N) is 1. The maximum absolute atomic E-state index is 13.4. The largest absolute Gasteiger partial charge is 0.461 e. The Bertz CT molecular complexity index is 1830. The number of hydrogen-bond donors (Lipinski definition) is 1. The lowest BCUT2D eigenvalue weighted by Crippen LogP contribution is -2.09. The van der Waals surface area contributed by atoms with Crippen LogP contribution in [0.25, 0.3) is 44.2 Å². The summed E-state index contributed by atoms with van der Waals surface area (Å²) < 4.78 is 7.76. The molecule has 2 heterocycles. The summed E-state index contributed by atoms with van der Waals surface area (Å²) in [7, 11) is 0. The molecular formula is C32H23Cl3N2O2. The summed E-state index contributed by atoms with van der Waals surface area (Å²) in [6.45, 7) is 2.61. The zero-order chi connectivity index (χ0) is 27.1. The number of aromatic nitrogens is 2. The number of halogens is 3. The van der Waals surface area contributed by atoms with E-state index in [0.29, 0.717) is 27.3 Å². The second kappa shape index (κ2) is 10.5. The van der Waals surface area contributed by atoms with Crippen LogP contribution in [0.3, 0.4) is 0 Å². The summed E-state index contributed by atoms with van der Waals surface area (Å²) >= 11 is 18.8. The minimum atomic E-state index is -0.426. The average Bonchev–Trinajstić information content (AvgIpc) is 3.46. The van der Waals surface area contributed by atoms with Crippen LogP contribution in [0.5, 0.6) is 0 Å². The molecule has 0 aliphatic carbocycles. The van der Waals surface area contributed by atoms with Gasteiger partial charge < -0.3 is 14.3 Å². The second-order valence-electron chi connectivity index (χ2n) is 9.25. The number of H-pyrrole nitrogens is 1. The van der Waals surface area contributed by atoms with Gasteiger partial charge in [0.15, 0.2) is 0 Å². The zero-order valence-electron chi connectivity index (χ0n) is 21.0. The molecule has 6 aromatic rings. The van der Waals surface area contributed by atoms with E-state index in [1.807, 2.05) is 78.9 Å². The monoisotopic (exact) mass is 572 g/mol. The van der Waals surface area contributed by atoms with Gasteiger partial charge in [-0.2, -0.15) is 0 Å². The third-order valence-electron chi connectivity index (χ3n) is 6.83. The average molecular weight is 574 g/mol. The molecule has 2 aromatic heterocycles. The highest BCUT2D eigenvalue weighted by molar-refractivity contribution is 6.32. The molecule has 0 radical (unpaired) electrons. The fourth-order valence-electron chi connectivity index (χ4n) is 5.18. The lowest BCUT2D eigenvalue weighted by molar-refractivity contribution is 0.0521. The molecule has 0 atom stereocenters. The Morgan fingerprint density at radius 3 is 2.18 bits per heavy atom. The van der Waals surface area contributed by atoms with E-state index < -0.39 is 5.97 Å². The van der Waals surface area contributed by atoms with Crippen LogP contribution in [0.2, 0.25) is 15.1 Å². The predicted molar refractivity (Wildman–Crippen MR) is 161 cm³/mol. The normalized spacial score (nSPS) is 11.4. The Labute approximate surface area is 240 Å². The van der Waals surface area contributed by atoms with Gasteiger partial charge in [-0.1, -0.05) is 83.3 Å². The molecular weight excluding hydrogens is 551 g/mol. The van der Waals surface area contributed by atoms with Crippen LogP contribution >= 0.6 is 34.8 Å². The van der Waals surface area contributed by atoms with Crippen LogP contribution in [0.15, 0.2) is 91.0 Å². The molecule has 0 bridgehead atoms. The SMILES string of the molecule is CCOC(=O)c1[nH]c2cc(Cl)ccc2c1-c1c(-c2ccc(Cl)cc2)c2ccccc2n1Cc1ccc(Cl)cc1. The number of aromatic amines is 1. The molecule has 0 spiro atoms. The molecule has 194 valence electrons. The first kappa shape index (κ1) is 25.6. The molecule has 0 aliphatic heterocycles. The molecule has 0 saturated carbocycles. The quantitative estimate of drug-likeness (QED) is 0.202. The molecule has 0 aliphatic rings. The fourth-order valence-corrected chi connectivity index (χ4v) is 5.60. The van der Waals surface area contributed by atoms with Crippen LogP contribution in [0.1, 0.15) is 23.0 Å². The Balaban J connectivity index is 1.75. The first-order chi connectivity index (χ1) is 18.9. The number of hydrogen-bond acceptors (Lipinski definition) is 2. The van der Waals surface area contributed by atoms with Crippen molar-refractivity contribution in [2.24, 2.45) is 0 Å². The number of benzene rings is 4. The Hall–Kier alpha value is -3.70. The van der Waals surface area contributed by atoms with Crippen molar-refractivity contribution in [2.75, 3.05) is 6.61 Å². The van der Waals surface area contributed by atoms with Crippen molar-refractivity contribution in [3.63, 3.8) is 0 Å². The number of nitrogens with zero attached hydrogens (tertiary/aromatic N) is 1. The summed E-state index contributed by atoms with van der Waals surface area (Å²) in [5.74, 6) is -0.426.